The van der Waals surface area contributed by atoms with Crippen molar-refractivity contribution in [3.8, 4) is 16.5 Å². The van der Waals surface area contributed by atoms with E-state index in [1.165, 1.54) is 0 Å². The van der Waals surface area contributed by atoms with Crippen LogP contribution in [0, 0.1) is 0 Å². The molecule has 0 saturated carbocycles. The first-order valence-electron chi connectivity index (χ1n) is 6.12. The van der Waals surface area contributed by atoms with Crippen molar-refractivity contribution in [2.75, 3.05) is 0 Å². The lowest BCUT2D eigenvalue weighted by Gasteiger charge is -2.12. The van der Waals surface area contributed by atoms with Crippen molar-refractivity contribution in [2.45, 2.75) is 13.0 Å². The summed E-state index contributed by atoms with van der Waals surface area (Å²) in [7, 11) is 0. The fourth-order valence-corrected chi connectivity index (χ4v) is 2.82. The predicted molar refractivity (Wildman–Crippen MR) is 83.1 cm³/mol. The average Bonchev–Trinajstić information content (AvgIpc) is 3.10. The van der Waals surface area contributed by atoms with Crippen LogP contribution in [0.25, 0.3) is 10.7 Å². The summed E-state index contributed by atoms with van der Waals surface area (Å²) in [6.07, 6.45) is -0.412. The van der Waals surface area contributed by atoms with Gasteiger partial charge in [0, 0.05) is 5.02 Å². The third-order valence-corrected chi connectivity index (χ3v) is 4.13. The van der Waals surface area contributed by atoms with E-state index in [9.17, 15) is 0 Å². The number of aromatic nitrogens is 2. The van der Waals surface area contributed by atoms with Crippen LogP contribution in [0.15, 0.2) is 40.2 Å². The van der Waals surface area contributed by atoms with E-state index >= 15 is 0 Å². The van der Waals surface area contributed by atoms with Crippen molar-refractivity contribution < 1.29 is 9.26 Å². The summed E-state index contributed by atoms with van der Waals surface area (Å²) in [6.45, 7) is 1.82. The van der Waals surface area contributed by atoms with Gasteiger partial charge >= 0.3 is 0 Å². The number of halogens is 2. The minimum absolute atomic E-state index is 0.393. The summed E-state index contributed by atoms with van der Waals surface area (Å²) in [5.74, 6) is 1.46. The molecule has 0 aliphatic rings. The summed E-state index contributed by atoms with van der Waals surface area (Å²) < 4.78 is 11.0. The summed E-state index contributed by atoms with van der Waals surface area (Å²) in [5.41, 5.74) is 0. The van der Waals surface area contributed by atoms with Crippen molar-refractivity contribution in [1.29, 1.82) is 0 Å². The SMILES string of the molecule is C[C@@H](Oc1ccc(Cl)cc1Cl)c1nc(-c2cccs2)no1. The Labute approximate surface area is 135 Å². The number of ether oxygens (including phenoxy) is 1. The first-order chi connectivity index (χ1) is 10.1. The Bertz CT molecular complexity index is 743. The Morgan fingerprint density at radius 3 is 2.86 bits per heavy atom. The van der Waals surface area contributed by atoms with Crippen LogP contribution in [0.5, 0.6) is 5.75 Å². The molecule has 0 aliphatic carbocycles. The maximum atomic E-state index is 6.07. The number of hydrogen-bond acceptors (Lipinski definition) is 5. The number of nitrogens with zero attached hydrogens (tertiary/aromatic N) is 2. The molecule has 1 atom stereocenters. The Hall–Kier alpha value is -1.56. The fraction of sp³-hybridized carbons (Fsp3) is 0.143. The molecule has 0 fully saturated rings. The van der Waals surface area contributed by atoms with Crippen molar-refractivity contribution >= 4 is 34.5 Å². The zero-order chi connectivity index (χ0) is 14.8. The molecule has 3 rings (SSSR count). The summed E-state index contributed by atoms with van der Waals surface area (Å²) in [5, 5.41) is 6.90. The second-order valence-corrected chi connectivity index (χ2v) is 6.06. The first kappa shape index (κ1) is 14.4. The molecular weight excluding hydrogens is 331 g/mol. The molecule has 3 aromatic rings. The molecule has 0 radical (unpaired) electrons. The lowest BCUT2D eigenvalue weighted by Crippen LogP contribution is -2.03. The van der Waals surface area contributed by atoms with Crippen LogP contribution < -0.4 is 4.74 Å². The molecule has 2 heterocycles. The van der Waals surface area contributed by atoms with Gasteiger partial charge in [0.25, 0.3) is 5.89 Å². The standard InChI is InChI=1S/C14H10Cl2N2O2S/c1-8(19-11-5-4-9(15)7-10(11)16)14-17-13(18-20-14)12-3-2-6-21-12/h2-8H,1H3/t8-/m1/s1. The van der Waals surface area contributed by atoms with Crippen molar-refractivity contribution in [2.24, 2.45) is 0 Å². The quantitative estimate of drug-likeness (QED) is 0.651. The van der Waals surface area contributed by atoms with E-state index in [1.54, 1.807) is 29.5 Å². The lowest BCUT2D eigenvalue weighted by atomic mass is 10.3. The van der Waals surface area contributed by atoms with Gasteiger partial charge in [0.05, 0.1) is 9.90 Å². The number of thiophene rings is 1. The maximum Gasteiger partial charge on any atom is 0.267 e. The minimum Gasteiger partial charge on any atom is -0.479 e. The molecule has 0 amide bonds. The molecule has 2 aromatic heterocycles. The number of benzene rings is 1. The monoisotopic (exact) mass is 340 g/mol. The third-order valence-electron chi connectivity index (χ3n) is 2.73. The highest BCUT2D eigenvalue weighted by molar-refractivity contribution is 7.13. The molecule has 0 aliphatic heterocycles. The van der Waals surface area contributed by atoms with Crippen LogP contribution in [-0.4, -0.2) is 10.1 Å². The smallest absolute Gasteiger partial charge is 0.267 e. The minimum atomic E-state index is -0.412. The van der Waals surface area contributed by atoms with Crippen LogP contribution in [0.3, 0.4) is 0 Å². The van der Waals surface area contributed by atoms with Gasteiger partial charge in [0.15, 0.2) is 6.10 Å². The molecule has 4 nitrogen and oxygen atoms in total. The van der Waals surface area contributed by atoms with Crippen LogP contribution in [0.2, 0.25) is 10.0 Å². The maximum absolute atomic E-state index is 6.07. The normalized spacial score (nSPS) is 12.3. The van der Waals surface area contributed by atoms with E-state index in [1.807, 2.05) is 24.4 Å². The second kappa shape index (κ2) is 6.05. The lowest BCUT2D eigenvalue weighted by molar-refractivity contribution is 0.176. The average molecular weight is 341 g/mol. The van der Waals surface area contributed by atoms with E-state index in [4.69, 9.17) is 32.5 Å². The van der Waals surface area contributed by atoms with E-state index in [-0.39, 0.29) is 0 Å². The molecule has 0 bridgehead atoms. The molecule has 0 N–H and O–H groups in total. The Kier molecular flexibility index (Phi) is 4.14. The number of rotatable bonds is 4. The van der Waals surface area contributed by atoms with Gasteiger partial charge in [-0.3, -0.25) is 0 Å². The van der Waals surface area contributed by atoms with Crippen molar-refractivity contribution in [3.63, 3.8) is 0 Å². The largest absolute Gasteiger partial charge is 0.479 e. The topological polar surface area (TPSA) is 48.2 Å². The predicted octanol–water partition coefficient (Wildman–Crippen LogP) is 5.24. The van der Waals surface area contributed by atoms with Crippen LogP contribution in [0.4, 0.5) is 0 Å². The second-order valence-electron chi connectivity index (χ2n) is 4.27. The van der Waals surface area contributed by atoms with Gasteiger partial charge in [0.2, 0.25) is 5.82 Å². The Balaban J connectivity index is 1.78. The molecular formula is C14H10Cl2N2O2S. The zero-order valence-electron chi connectivity index (χ0n) is 10.9. The third kappa shape index (κ3) is 3.20. The Morgan fingerprint density at radius 1 is 1.29 bits per heavy atom. The molecule has 1 aromatic carbocycles. The van der Waals surface area contributed by atoms with Crippen molar-refractivity contribution in [3.05, 3.63) is 51.6 Å². The van der Waals surface area contributed by atoms with Crippen molar-refractivity contribution in [1.82, 2.24) is 10.1 Å². The highest BCUT2D eigenvalue weighted by Crippen LogP contribution is 2.31. The summed E-state index contributed by atoms with van der Waals surface area (Å²) in [6, 6.07) is 8.90. The van der Waals surface area contributed by atoms with Gasteiger partial charge in [-0.05, 0) is 36.6 Å². The van der Waals surface area contributed by atoms with Gasteiger partial charge in [-0.15, -0.1) is 11.3 Å². The van der Waals surface area contributed by atoms with Gasteiger partial charge in [-0.25, -0.2) is 0 Å². The molecule has 108 valence electrons. The van der Waals surface area contributed by atoms with Crippen LogP contribution >= 0.6 is 34.5 Å². The van der Waals surface area contributed by atoms with E-state index in [2.05, 4.69) is 10.1 Å². The first-order valence-corrected chi connectivity index (χ1v) is 7.76. The molecule has 0 saturated heterocycles. The molecule has 7 heteroatoms. The highest BCUT2D eigenvalue weighted by Gasteiger charge is 2.18. The molecule has 21 heavy (non-hydrogen) atoms. The fourth-order valence-electron chi connectivity index (χ4n) is 1.72. The molecule has 0 spiro atoms. The van der Waals surface area contributed by atoms with Gasteiger partial charge in [0.1, 0.15) is 5.75 Å². The number of hydrogen-bond donors (Lipinski definition) is 0. The highest BCUT2D eigenvalue weighted by atomic mass is 35.5. The van der Waals surface area contributed by atoms with Gasteiger partial charge < -0.3 is 9.26 Å². The van der Waals surface area contributed by atoms with E-state index in [0.29, 0.717) is 27.5 Å². The van der Waals surface area contributed by atoms with Gasteiger partial charge in [-0.2, -0.15) is 4.98 Å². The zero-order valence-corrected chi connectivity index (χ0v) is 13.2. The Morgan fingerprint density at radius 2 is 2.14 bits per heavy atom. The van der Waals surface area contributed by atoms with Crippen LogP contribution in [0.1, 0.15) is 18.9 Å². The van der Waals surface area contributed by atoms with E-state index < -0.39 is 6.10 Å². The molecule has 0 unspecified atom stereocenters. The van der Waals surface area contributed by atoms with Gasteiger partial charge in [-0.1, -0.05) is 34.4 Å². The van der Waals surface area contributed by atoms with Crippen LogP contribution in [-0.2, 0) is 0 Å². The summed E-state index contributed by atoms with van der Waals surface area (Å²) >= 11 is 13.5. The van der Waals surface area contributed by atoms with E-state index in [0.717, 1.165) is 4.88 Å². The summed E-state index contributed by atoms with van der Waals surface area (Å²) in [4.78, 5) is 5.28.